The van der Waals surface area contributed by atoms with Gasteiger partial charge in [0.1, 0.15) is 0 Å². The molecule has 2 N–H and O–H groups in total. The molecular formula is C16H13BrClF3N2O3S. The zero-order valence-electron chi connectivity index (χ0n) is 13.6. The number of sulfonamides is 1. The first-order valence-electron chi connectivity index (χ1n) is 7.35. The van der Waals surface area contributed by atoms with Gasteiger partial charge in [-0.25, -0.2) is 8.42 Å². The van der Waals surface area contributed by atoms with Crippen LogP contribution in [0.2, 0.25) is 5.02 Å². The number of carbonyl (C=O) groups is 1. The zero-order chi connectivity index (χ0) is 20.4. The van der Waals surface area contributed by atoms with E-state index in [0.717, 1.165) is 12.1 Å². The summed E-state index contributed by atoms with van der Waals surface area (Å²) >= 11 is 8.99. The molecule has 1 atom stereocenters. The lowest BCUT2D eigenvalue weighted by molar-refractivity contribution is -0.137. The van der Waals surface area contributed by atoms with E-state index in [-0.39, 0.29) is 15.6 Å². The van der Waals surface area contributed by atoms with Gasteiger partial charge in [0, 0.05) is 4.47 Å². The van der Waals surface area contributed by atoms with Crippen molar-refractivity contribution in [2.24, 2.45) is 0 Å². The molecule has 0 aromatic heterocycles. The molecule has 5 nitrogen and oxygen atoms in total. The van der Waals surface area contributed by atoms with Gasteiger partial charge in [-0.3, -0.25) is 4.79 Å². The van der Waals surface area contributed by atoms with Gasteiger partial charge in [0.2, 0.25) is 15.9 Å². The first kappa shape index (κ1) is 21.7. The van der Waals surface area contributed by atoms with Gasteiger partial charge in [-0.15, -0.1) is 0 Å². The summed E-state index contributed by atoms with van der Waals surface area (Å²) in [5, 5.41) is 2.09. The number of amides is 1. The standard InChI is InChI=1S/C16H13BrClF3N2O3S/c1-9(23-27(25,26)12-5-3-11(17)4-6-12)15(24)22-14-8-10(16(19,20)21)2-7-13(14)18/h2-9,23H,1H3,(H,22,24)/t9-/m1/s1. The van der Waals surface area contributed by atoms with Crippen LogP contribution in [0.25, 0.3) is 0 Å². The van der Waals surface area contributed by atoms with Crippen LogP contribution in [0.1, 0.15) is 12.5 Å². The first-order valence-corrected chi connectivity index (χ1v) is 10.0. The number of hydrogen-bond donors (Lipinski definition) is 2. The van der Waals surface area contributed by atoms with Crippen molar-refractivity contribution in [3.05, 3.63) is 57.5 Å². The van der Waals surface area contributed by atoms with Crippen molar-refractivity contribution < 1.29 is 26.4 Å². The second kappa shape index (κ2) is 8.17. The monoisotopic (exact) mass is 484 g/mol. The molecule has 0 aliphatic carbocycles. The predicted molar refractivity (Wildman–Crippen MR) is 99.0 cm³/mol. The third kappa shape index (κ3) is 5.68. The number of rotatable bonds is 5. The summed E-state index contributed by atoms with van der Waals surface area (Å²) < 4.78 is 65.7. The molecule has 0 radical (unpaired) electrons. The van der Waals surface area contributed by atoms with Crippen molar-refractivity contribution in [1.29, 1.82) is 0 Å². The molecule has 0 spiro atoms. The van der Waals surface area contributed by atoms with Crippen LogP contribution in [-0.4, -0.2) is 20.4 Å². The van der Waals surface area contributed by atoms with E-state index >= 15 is 0 Å². The molecule has 2 aromatic rings. The molecule has 2 rings (SSSR count). The minimum absolute atomic E-state index is 0.0672. The van der Waals surface area contributed by atoms with Crippen molar-refractivity contribution in [2.75, 3.05) is 5.32 Å². The third-order valence-corrected chi connectivity index (χ3v) is 5.82. The van der Waals surface area contributed by atoms with Gasteiger partial charge in [0.05, 0.1) is 27.2 Å². The van der Waals surface area contributed by atoms with E-state index in [0.29, 0.717) is 10.5 Å². The van der Waals surface area contributed by atoms with E-state index in [9.17, 15) is 26.4 Å². The Labute approximate surface area is 167 Å². The number of halogens is 5. The normalized spacial score (nSPS) is 13.3. The number of nitrogens with one attached hydrogen (secondary N) is 2. The van der Waals surface area contributed by atoms with Crippen molar-refractivity contribution in [3.8, 4) is 0 Å². The maximum Gasteiger partial charge on any atom is 0.416 e. The van der Waals surface area contributed by atoms with E-state index in [1.165, 1.54) is 31.2 Å². The molecule has 0 fully saturated rings. The molecule has 0 saturated heterocycles. The number of benzene rings is 2. The van der Waals surface area contributed by atoms with E-state index in [1.54, 1.807) is 0 Å². The highest BCUT2D eigenvalue weighted by molar-refractivity contribution is 9.10. The summed E-state index contributed by atoms with van der Waals surface area (Å²) in [6, 6.07) is 6.89. The number of anilines is 1. The Balaban J connectivity index is 2.15. The average molecular weight is 486 g/mol. The minimum atomic E-state index is -4.61. The summed E-state index contributed by atoms with van der Waals surface area (Å²) in [6.07, 6.45) is -4.61. The fraction of sp³-hybridized carbons (Fsp3) is 0.188. The van der Waals surface area contributed by atoms with Crippen molar-refractivity contribution >= 4 is 49.1 Å². The Morgan fingerprint density at radius 1 is 1.15 bits per heavy atom. The lowest BCUT2D eigenvalue weighted by atomic mass is 10.2. The smallest absolute Gasteiger partial charge is 0.323 e. The van der Waals surface area contributed by atoms with Crippen molar-refractivity contribution in [3.63, 3.8) is 0 Å². The average Bonchev–Trinajstić information content (AvgIpc) is 2.55. The van der Waals surface area contributed by atoms with Gasteiger partial charge >= 0.3 is 6.18 Å². The summed E-state index contributed by atoms with van der Waals surface area (Å²) in [6.45, 7) is 1.26. The first-order chi connectivity index (χ1) is 12.4. The van der Waals surface area contributed by atoms with Crippen molar-refractivity contribution in [1.82, 2.24) is 4.72 Å². The van der Waals surface area contributed by atoms with Crippen LogP contribution in [0.4, 0.5) is 18.9 Å². The quantitative estimate of drug-likeness (QED) is 0.658. The molecular weight excluding hydrogens is 473 g/mol. The van der Waals surface area contributed by atoms with Crippen LogP contribution in [0.15, 0.2) is 51.8 Å². The zero-order valence-corrected chi connectivity index (χ0v) is 16.8. The van der Waals surface area contributed by atoms with E-state index < -0.39 is 33.7 Å². The van der Waals surface area contributed by atoms with Gasteiger partial charge in [-0.05, 0) is 49.4 Å². The third-order valence-electron chi connectivity index (χ3n) is 3.40. The fourth-order valence-electron chi connectivity index (χ4n) is 2.01. The highest BCUT2D eigenvalue weighted by Gasteiger charge is 2.31. The summed E-state index contributed by atoms with van der Waals surface area (Å²) in [5.41, 5.74) is -1.27. The summed E-state index contributed by atoms with van der Waals surface area (Å²) in [4.78, 5) is 12.1. The molecule has 0 saturated carbocycles. The van der Waals surface area contributed by atoms with E-state index in [2.05, 4.69) is 26.0 Å². The summed E-state index contributed by atoms with van der Waals surface area (Å²) in [5.74, 6) is -0.864. The van der Waals surface area contributed by atoms with Gasteiger partial charge < -0.3 is 5.32 Å². The van der Waals surface area contributed by atoms with E-state index in [4.69, 9.17) is 11.6 Å². The summed E-state index contributed by atoms with van der Waals surface area (Å²) in [7, 11) is -4.00. The van der Waals surface area contributed by atoms with Crippen LogP contribution in [-0.2, 0) is 21.0 Å². The van der Waals surface area contributed by atoms with E-state index in [1.807, 2.05) is 0 Å². The molecule has 0 unspecified atom stereocenters. The molecule has 0 heterocycles. The number of carbonyl (C=O) groups excluding carboxylic acids is 1. The Morgan fingerprint density at radius 2 is 1.74 bits per heavy atom. The second-order valence-corrected chi connectivity index (χ2v) is 8.52. The maximum absolute atomic E-state index is 12.8. The van der Waals surface area contributed by atoms with Crippen LogP contribution >= 0.6 is 27.5 Å². The molecule has 146 valence electrons. The van der Waals surface area contributed by atoms with Crippen LogP contribution in [0.3, 0.4) is 0 Å². The van der Waals surface area contributed by atoms with Crippen LogP contribution in [0.5, 0.6) is 0 Å². The lowest BCUT2D eigenvalue weighted by Gasteiger charge is -2.16. The minimum Gasteiger partial charge on any atom is -0.323 e. The molecule has 1 amide bonds. The Bertz CT molecular complexity index is 950. The Kier molecular flexibility index (Phi) is 6.56. The molecule has 0 bridgehead atoms. The van der Waals surface area contributed by atoms with Crippen LogP contribution < -0.4 is 10.0 Å². The maximum atomic E-state index is 12.8. The SMILES string of the molecule is C[C@@H](NS(=O)(=O)c1ccc(Br)cc1)C(=O)Nc1cc(C(F)(F)F)ccc1Cl. The number of hydrogen-bond acceptors (Lipinski definition) is 3. The Morgan fingerprint density at radius 3 is 2.30 bits per heavy atom. The fourth-order valence-corrected chi connectivity index (χ4v) is 3.64. The second-order valence-electron chi connectivity index (χ2n) is 5.48. The molecule has 27 heavy (non-hydrogen) atoms. The van der Waals surface area contributed by atoms with Gasteiger partial charge in [0.15, 0.2) is 0 Å². The topological polar surface area (TPSA) is 75.3 Å². The largest absolute Gasteiger partial charge is 0.416 e. The molecule has 0 aliphatic rings. The molecule has 11 heteroatoms. The highest BCUT2D eigenvalue weighted by Crippen LogP contribution is 2.33. The predicted octanol–water partition coefficient (Wildman–Crippen LogP) is 4.43. The lowest BCUT2D eigenvalue weighted by Crippen LogP contribution is -2.41. The van der Waals surface area contributed by atoms with Crippen LogP contribution in [0, 0.1) is 0 Å². The Hall–Kier alpha value is -1.62. The molecule has 0 aliphatic heterocycles. The van der Waals surface area contributed by atoms with Gasteiger partial charge in [-0.1, -0.05) is 27.5 Å². The molecule has 2 aromatic carbocycles. The highest BCUT2D eigenvalue weighted by atomic mass is 79.9. The van der Waals surface area contributed by atoms with Gasteiger partial charge in [0.25, 0.3) is 0 Å². The number of alkyl halides is 3. The van der Waals surface area contributed by atoms with Gasteiger partial charge in [-0.2, -0.15) is 17.9 Å². The van der Waals surface area contributed by atoms with Crippen molar-refractivity contribution in [2.45, 2.75) is 24.0 Å².